The summed E-state index contributed by atoms with van der Waals surface area (Å²) in [7, 11) is 0. The first-order valence-electron chi connectivity index (χ1n) is 13.1. The van der Waals surface area contributed by atoms with Crippen LogP contribution in [-0.2, 0) is 16.0 Å². The Bertz CT molecular complexity index is 1030. The number of ether oxygens (including phenoxy) is 3. The zero-order valence-electron chi connectivity index (χ0n) is 22.9. The zero-order chi connectivity index (χ0) is 27.0. The molecular weight excluding hydrogens is 476 g/mol. The Morgan fingerprint density at radius 2 is 1.38 bits per heavy atom. The van der Waals surface area contributed by atoms with Crippen molar-refractivity contribution < 1.29 is 28.6 Å². The van der Waals surface area contributed by atoms with Crippen LogP contribution >= 0.6 is 0 Å². The van der Waals surface area contributed by atoms with Gasteiger partial charge in [0.05, 0.1) is 5.56 Å². The van der Waals surface area contributed by atoms with Crippen molar-refractivity contribution in [1.29, 1.82) is 0 Å². The Balaban J connectivity index is 1.39. The molecule has 0 radical (unpaired) electrons. The highest BCUT2D eigenvalue weighted by atomic mass is 16.6. The quantitative estimate of drug-likeness (QED) is 0.653. The Morgan fingerprint density at radius 3 is 1.92 bits per heavy atom. The smallest absolute Gasteiger partial charge is 0.410 e. The molecule has 0 bridgehead atoms. The van der Waals surface area contributed by atoms with E-state index in [9.17, 15) is 14.4 Å². The summed E-state index contributed by atoms with van der Waals surface area (Å²) in [5.41, 5.74) is 1.46. The molecule has 37 heavy (non-hydrogen) atoms. The fourth-order valence-electron chi connectivity index (χ4n) is 4.81. The first kappa shape index (κ1) is 26.9. The van der Waals surface area contributed by atoms with Gasteiger partial charge in [0.2, 0.25) is 0 Å². The van der Waals surface area contributed by atoms with Gasteiger partial charge in [0.1, 0.15) is 23.1 Å². The van der Waals surface area contributed by atoms with Crippen LogP contribution < -0.4 is 15.0 Å². The van der Waals surface area contributed by atoms with Gasteiger partial charge in [-0.05, 0) is 53.7 Å². The molecular formula is C27H40N4O6. The van der Waals surface area contributed by atoms with E-state index in [0.29, 0.717) is 70.0 Å². The number of carbonyl (C=O) groups excluding carboxylic acids is 3. The van der Waals surface area contributed by atoms with Crippen molar-refractivity contribution in [1.82, 2.24) is 15.1 Å². The van der Waals surface area contributed by atoms with Crippen LogP contribution in [0.25, 0.3) is 0 Å². The first-order valence-corrected chi connectivity index (χ1v) is 13.1. The third kappa shape index (κ3) is 6.59. The lowest BCUT2D eigenvalue weighted by atomic mass is 10.0. The van der Waals surface area contributed by atoms with E-state index in [1.54, 1.807) is 9.80 Å². The number of benzene rings is 1. The van der Waals surface area contributed by atoms with E-state index in [2.05, 4.69) is 10.2 Å². The Hall–Kier alpha value is -3.17. The average Bonchev–Trinajstić information content (AvgIpc) is 3.20. The number of rotatable bonds is 3. The number of amides is 3. The fraction of sp³-hybridized carbons (Fsp3) is 0.667. The van der Waals surface area contributed by atoms with E-state index in [4.69, 9.17) is 14.2 Å². The van der Waals surface area contributed by atoms with E-state index in [1.807, 2.05) is 53.7 Å². The molecule has 4 rings (SSSR count). The molecule has 0 saturated carbocycles. The summed E-state index contributed by atoms with van der Waals surface area (Å²) < 4.78 is 17.3. The SMILES string of the molecule is CC(C)(C)OC(=O)N1CCC(Oc2ccc(N3CCN(C(=O)OC(C)(C)C)CC3)c3c2C(=O)NC3)CC1. The van der Waals surface area contributed by atoms with Crippen molar-refractivity contribution in [3.63, 3.8) is 0 Å². The van der Waals surface area contributed by atoms with Crippen LogP contribution in [-0.4, -0.2) is 84.5 Å². The van der Waals surface area contributed by atoms with Crippen LogP contribution in [0.2, 0.25) is 0 Å². The monoisotopic (exact) mass is 516 g/mol. The summed E-state index contributed by atoms with van der Waals surface area (Å²) in [5.74, 6) is 0.447. The Kier molecular flexibility index (Phi) is 7.48. The molecule has 3 aliphatic rings. The minimum absolute atomic E-state index is 0.0839. The summed E-state index contributed by atoms with van der Waals surface area (Å²) in [6.07, 6.45) is 0.658. The van der Waals surface area contributed by atoms with Gasteiger partial charge in [-0.2, -0.15) is 0 Å². The lowest BCUT2D eigenvalue weighted by Crippen LogP contribution is -2.50. The normalized spacial score (nSPS) is 18.9. The van der Waals surface area contributed by atoms with Gasteiger partial charge in [0.25, 0.3) is 5.91 Å². The molecule has 2 saturated heterocycles. The van der Waals surface area contributed by atoms with Crippen LogP contribution in [0.1, 0.15) is 70.3 Å². The molecule has 0 unspecified atom stereocenters. The standard InChI is InChI=1S/C27H40N4O6/c1-26(2,3)36-24(33)30-11-9-18(10-12-30)35-21-8-7-20(19-17-28-23(32)22(19)21)29-13-15-31(16-14-29)25(34)37-27(4,5)6/h7-8,18H,9-17H2,1-6H3,(H,28,32). The van der Waals surface area contributed by atoms with Crippen LogP contribution in [0.5, 0.6) is 5.75 Å². The number of piperazine rings is 1. The van der Waals surface area contributed by atoms with Gasteiger partial charge >= 0.3 is 12.2 Å². The Morgan fingerprint density at radius 1 is 0.838 bits per heavy atom. The number of nitrogens with zero attached hydrogens (tertiary/aromatic N) is 3. The van der Waals surface area contributed by atoms with Gasteiger partial charge < -0.3 is 34.2 Å². The van der Waals surface area contributed by atoms with E-state index in [1.165, 1.54) is 0 Å². The molecule has 10 nitrogen and oxygen atoms in total. The minimum Gasteiger partial charge on any atom is -0.489 e. The maximum Gasteiger partial charge on any atom is 0.410 e. The third-order valence-electron chi connectivity index (χ3n) is 6.56. The summed E-state index contributed by atoms with van der Waals surface area (Å²) in [4.78, 5) is 43.2. The topological polar surface area (TPSA) is 101 Å². The molecule has 3 aliphatic heterocycles. The molecule has 0 atom stereocenters. The van der Waals surface area contributed by atoms with E-state index >= 15 is 0 Å². The highest BCUT2D eigenvalue weighted by Gasteiger charge is 2.33. The summed E-state index contributed by atoms with van der Waals surface area (Å²) in [6, 6.07) is 3.88. The summed E-state index contributed by atoms with van der Waals surface area (Å²) >= 11 is 0. The van der Waals surface area contributed by atoms with Crippen molar-refractivity contribution in [2.45, 2.75) is 78.2 Å². The second kappa shape index (κ2) is 10.3. The van der Waals surface area contributed by atoms with Gasteiger partial charge in [-0.25, -0.2) is 9.59 Å². The van der Waals surface area contributed by atoms with Gasteiger partial charge in [-0.1, -0.05) is 0 Å². The molecule has 3 amide bonds. The average molecular weight is 517 g/mol. The number of fused-ring (bicyclic) bond motifs is 1. The van der Waals surface area contributed by atoms with Crippen molar-refractivity contribution >= 4 is 23.8 Å². The van der Waals surface area contributed by atoms with Gasteiger partial charge in [-0.3, -0.25) is 4.79 Å². The Labute approximate surface area is 219 Å². The summed E-state index contributed by atoms with van der Waals surface area (Å²) in [6.45, 7) is 15.1. The second-order valence-corrected chi connectivity index (χ2v) is 11.9. The van der Waals surface area contributed by atoms with E-state index in [-0.39, 0.29) is 24.2 Å². The van der Waals surface area contributed by atoms with Crippen molar-refractivity contribution in [2.75, 3.05) is 44.2 Å². The van der Waals surface area contributed by atoms with Crippen LogP contribution in [0.4, 0.5) is 15.3 Å². The number of likely N-dealkylation sites (tertiary alicyclic amines) is 1. The minimum atomic E-state index is -0.525. The molecule has 1 N–H and O–H groups in total. The molecule has 1 aromatic rings. The van der Waals surface area contributed by atoms with Crippen LogP contribution in [0.3, 0.4) is 0 Å². The predicted molar refractivity (Wildman–Crippen MR) is 139 cm³/mol. The second-order valence-electron chi connectivity index (χ2n) is 11.9. The molecule has 0 spiro atoms. The van der Waals surface area contributed by atoms with E-state index < -0.39 is 11.2 Å². The lowest BCUT2D eigenvalue weighted by Gasteiger charge is -2.37. The first-order chi connectivity index (χ1) is 17.3. The van der Waals surface area contributed by atoms with Gasteiger partial charge in [0.15, 0.2) is 0 Å². The van der Waals surface area contributed by atoms with Gasteiger partial charge in [0, 0.05) is 69.9 Å². The zero-order valence-corrected chi connectivity index (χ0v) is 22.9. The fourth-order valence-corrected chi connectivity index (χ4v) is 4.81. The predicted octanol–water partition coefficient (Wildman–Crippen LogP) is 3.77. The molecule has 3 heterocycles. The molecule has 204 valence electrons. The number of hydrogen-bond acceptors (Lipinski definition) is 7. The van der Waals surface area contributed by atoms with E-state index in [0.717, 1.165) is 11.3 Å². The largest absolute Gasteiger partial charge is 0.489 e. The summed E-state index contributed by atoms with van der Waals surface area (Å²) in [5, 5.41) is 2.94. The number of piperidine rings is 1. The van der Waals surface area contributed by atoms with Crippen molar-refractivity contribution in [3.05, 3.63) is 23.3 Å². The highest BCUT2D eigenvalue weighted by molar-refractivity contribution is 6.02. The molecule has 1 aromatic carbocycles. The number of nitrogens with one attached hydrogen (secondary N) is 1. The molecule has 0 aliphatic carbocycles. The highest BCUT2D eigenvalue weighted by Crippen LogP contribution is 2.36. The molecule has 0 aromatic heterocycles. The molecule has 2 fully saturated rings. The number of anilines is 1. The van der Waals surface area contributed by atoms with Crippen LogP contribution in [0.15, 0.2) is 12.1 Å². The molecule has 10 heteroatoms. The van der Waals surface area contributed by atoms with Crippen molar-refractivity contribution in [2.24, 2.45) is 0 Å². The number of hydrogen-bond donors (Lipinski definition) is 1. The van der Waals surface area contributed by atoms with Crippen LogP contribution in [0, 0.1) is 0 Å². The van der Waals surface area contributed by atoms with Crippen molar-refractivity contribution in [3.8, 4) is 5.75 Å². The maximum absolute atomic E-state index is 12.8. The number of carbonyl (C=O) groups is 3. The maximum atomic E-state index is 12.8. The van der Waals surface area contributed by atoms with Gasteiger partial charge in [-0.15, -0.1) is 0 Å². The third-order valence-corrected chi connectivity index (χ3v) is 6.56. The lowest BCUT2D eigenvalue weighted by molar-refractivity contribution is 0.0125.